The molecule has 2 aliphatic heterocycles. The maximum atomic E-state index is 12.5. The van der Waals surface area contributed by atoms with Crippen LogP contribution in [0, 0.1) is 5.92 Å². The summed E-state index contributed by atoms with van der Waals surface area (Å²) in [6, 6.07) is 3.10. The summed E-state index contributed by atoms with van der Waals surface area (Å²) in [5, 5.41) is 9.54. The Morgan fingerprint density at radius 3 is 2.95 bits per heavy atom. The third-order valence-electron chi connectivity index (χ3n) is 3.31. The topological polar surface area (TPSA) is 87.8 Å². The minimum absolute atomic E-state index is 0.130. The van der Waals surface area contributed by atoms with E-state index in [9.17, 15) is 14.4 Å². The molecule has 1 unspecified atom stereocenters. The molecule has 0 aromatic carbocycles. The molecule has 3 rings (SSSR count). The van der Waals surface area contributed by atoms with Crippen LogP contribution < -0.4 is 0 Å². The molecule has 104 valence electrons. The number of hydrogen-bond donors (Lipinski definition) is 1. The number of ketones is 1. The van der Waals surface area contributed by atoms with E-state index in [2.05, 4.69) is 0 Å². The third kappa shape index (κ3) is 1.94. The van der Waals surface area contributed by atoms with Gasteiger partial charge >= 0.3 is 5.97 Å². The fraction of sp³-hybridized carbons (Fsp3) is 0.308. The van der Waals surface area contributed by atoms with Gasteiger partial charge in [0.2, 0.25) is 11.7 Å². The fourth-order valence-electron chi connectivity index (χ4n) is 2.47. The minimum atomic E-state index is -1.10. The van der Waals surface area contributed by atoms with Crippen LogP contribution in [0.4, 0.5) is 0 Å². The van der Waals surface area contributed by atoms with Gasteiger partial charge in [-0.3, -0.25) is 14.4 Å². The van der Waals surface area contributed by atoms with Crippen LogP contribution in [0.5, 0.6) is 0 Å². The van der Waals surface area contributed by atoms with Crippen LogP contribution in [0.2, 0.25) is 0 Å². The second-order valence-corrected chi connectivity index (χ2v) is 5.60. The van der Waals surface area contributed by atoms with Gasteiger partial charge in [0.05, 0.1) is 23.6 Å². The first-order valence-electron chi connectivity index (χ1n) is 6.08. The average molecular weight is 293 g/mol. The highest BCUT2D eigenvalue weighted by molar-refractivity contribution is 8.03. The zero-order valence-corrected chi connectivity index (χ0v) is 11.2. The van der Waals surface area contributed by atoms with Gasteiger partial charge in [-0.1, -0.05) is 0 Å². The van der Waals surface area contributed by atoms with E-state index in [0.717, 1.165) is 5.75 Å². The lowest BCUT2D eigenvalue weighted by atomic mass is 9.93. The van der Waals surface area contributed by atoms with E-state index in [1.807, 2.05) is 0 Å². The number of rotatable bonds is 4. The molecule has 6 nitrogen and oxygen atoms in total. The minimum Gasteiger partial charge on any atom is -0.481 e. The predicted octanol–water partition coefficient (Wildman–Crippen LogP) is 1.35. The number of fused-ring (bicyclic) bond motifs is 1. The number of nitrogens with zero attached hydrogens (tertiary/aromatic N) is 1. The van der Waals surface area contributed by atoms with Crippen molar-refractivity contribution in [2.75, 3.05) is 12.3 Å². The van der Waals surface area contributed by atoms with Gasteiger partial charge in [-0.2, -0.15) is 0 Å². The predicted molar refractivity (Wildman–Crippen MR) is 70.0 cm³/mol. The Morgan fingerprint density at radius 1 is 1.50 bits per heavy atom. The molecule has 0 aliphatic carbocycles. The first-order valence-corrected chi connectivity index (χ1v) is 7.06. The van der Waals surface area contributed by atoms with Crippen LogP contribution in [0.1, 0.15) is 17.0 Å². The summed E-state index contributed by atoms with van der Waals surface area (Å²) in [7, 11) is 0. The van der Waals surface area contributed by atoms with Crippen molar-refractivity contribution in [3.63, 3.8) is 0 Å². The van der Waals surface area contributed by atoms with Crippen molar-refractivity contribution in [2.24, 2.45) is 5.92 Å². The number of carbonyl (C=O) groups is 3. The Hall–Kier alpha value is -2.02. The highest BCUT2D eigenvalue weighted by atomic mass is 32.2. The maximum Gasteiger partial charge on any atom is 0.304 e. The molecule has 1 saturated heterocycles. The van der Waals surface area contributed by atoms with Gasteiger partial charge in [0.15, 0.2) is 5.76 Å². The number of amides is 1. The smallest absolute Gasteiger partial charge is 0.304 e. The van der Waals surface area contributed by atoms with Crippen LogP contribution in [0.25, 0.3) is 0 Å². The van der Waals surface area contributed by atoms with Crippen molar-refractivity contribution >= 4 is 29.4 Å². The molecule has 1 fully saturated rings. The van der Waals surface area contributed by atoms with E-state index >= 15 is 0 Å². The van der Waals surface area contributed by atoms with Crippen molar-refractivity contribution in [3.8, 4) is 0 Å². The molecule has 0 spiro atoms. The SMILES string of the molecule is O=C(O)CC1C(=O)N2CCSC2=C1C(=O)c1ccco1. The lowest BCUT2D eigenvalue weighted by Crippen LogP contribution is -2.29. The van der Waals surface area contributed by atoms with Gasteiger partial charge in [-0.25, -0.2) is 0 Å². The normalized spacial score (nSPS) is 21.5. The van der Waals surface area contributed by atoms with Crippen LogP contribution in [-0.2, 0) is 9.59 Å². The highest BCUT2D eigenvalue weighted by Crippen LogP contribution is 2.43. The molecule has 1 aromatic rings. The number of Topliss-reactive ketones (excluding diaryl/α,β-unsaturated/α-hetero) is 1. The third-order valence-corrected chi connectivity index (χ3v) is 4.41. The monoisotopic (exact) mass is 293 g/mol. The summed E-state index contributed by atoms with van der Waals surface area (Å²) < 4.78 is 5.07. The van der Waals surface area contributed by atoms with Crippen molar-refractivity contribution in [1.82, 2.24) is 4.90 Å². The van der Waals surface area contributed by atoms with Gasteiger partial charge in [0.1, 0.15) is 0 Å². The molecule has 3 heterocycles. The largest absolute Gasteiger partial charge is 0.481 e. The molecule has 1 aromatic heterocycles. The molecule has 0 radical (unpaired) electrons. The van der Waals surface area contributed by atoms with Crippen LogP contribution in [0.15, 0.2) is 33.4 Å². The molecule has 2 aliphatic rings. The lowest BCUT2D eigenvalue weighted by Gasteiger charge is -2.11. The van der Waals surface area contributed by atoms with Gasteiger partial charge in [0, 0.05) is 17.9 Å². The summed E-state index contributed by atoms with van der Waals surface area (Å²) in [4.78, 5) is 37.1. The average Bonchev–Trinajstić information content (AvgIpc) is 3.10. The number of carbonyl (C=O) groups excluding carboxylic acids is 2. The highest BCUT2D eigenvalue weighted by Gasteiger charge is 2.46. The molecule has 0 bridgehead atoms. The summed E-state index contributed by atoms with van der Waals surface area (Å²) in [6.45, 7) is 0.518. The van der Waals surface area contributed by atoms with Gasteiger partial charge in [-0.05, 0) is 12.1 Å². The number of thioether (sulfide) groups is 1. The Balaban J connectivity index is 2.03. The second-order valence-electron chi connectivity index (χ2n) is 4.51. The van der Waals surface area contributed by atoms with Crippen molar-refractivity contribution < 1.29 is 23.9 Å². The van der Waals surface area contributed by atoms with Gasteiger partial charge < -0.3 is 14.4 Å². The van der Waals surface area contributed by atoms with E-state index in [-0.39, 0.29) is 23.7 Å². The molecule has 1 N–H and O–H groups in total. The standard InChI is InChI=1S/C13H11NO5S/c15-9(16)6-7-10(11(17)8-2-1-4-19-8)13-14(12(7)18)3-5-20-13/h1-2,4,7H,3,5-6H2,(H,15,16). The Labute approximate surface area is 118 Å². The van der Waals surface area contributed by atoms with Gasteiger partial charge in [0.25, 0.3) is 0 Å². The van der Waals surface area contributed by atoms with Crippen molar-refractivity contribution in [3.05, 3.63) is 34.8 Å². The number of carboxylic acid groups (broad SMARTS) is 1. The fourth-order valence-corrected chi connectivity index (χ4v) is 3.66. The molecule has 7 heteroatoms. The number of hydrogen-bond acceptors (Lipinski definition) is 5. The van der Waals surface area contributed by atoms with Crippen molar-refractivity contribution in [1.29, 1.82) is 0 Å². The summed E-state index contributed by atoms with van der Waals surface area (Å²) >= 11 is 1.41. The van der Waals surface area contributed by atoms with E-state index in [1.165, 1.54) is 29.0 Å². The summed E-state index contributed by atoms with van der Waals surface area (Å²) in [5.41, 5.74) is 0.259. The Kier molecular flexibility index (Phi) is 3.13. The molecule has 0 saturated carbocycles. The molecular formula is C13H11NO5S. The van der Waals surface area contributed by atoms with Crippen LogP contribution in [-0.4, -0.2) is 40.0 Å². The quantitative estimate of drug-likeness (QED) is 0.843. The number of furan rings is 1. The van der Waals surface area contributed by atoms with Crippen LogP contribution in [0.3, 0.4) is 0 Å². The molecular weight excluding hydrogens is 282 g/mol. The maximum absolute atomic E-state index is 12.5. The van der Waals surface area contributed by atoms with E-state index in [1.54, 1.807) is 6.07 Å². The van der Waals surface area contributed by atoms with E-state index in [0.29, 0.717) is 11.6 Å². The lowest BCUT2D eigenvalue weighted by molar-refractivity contribution is -0.141. The summed E-state index contributed by atoms with van der Waals surface area (Å²) in [5.74, 6) is -1.86. The number of carboxylic acids is 1. The zero-order valence-electron chi connectivity index (χ0n) is 10.4. The van der Waals surface area contributed by atoms with Gasteiger partial charge in [-0.15, -0.1) is 11.8 Å². The number of aliphatic carboxylic acids is 1. The van der Waals surface area contributed by atoms with E-state index in [4.69, 9.17) is 9.52 Å². The Morgan fingerprint density at radius 2 is 2.30 bits per heavy atom. The first kappa shape index (κ1) is 13.0. The first-order chi connectivity index (χ1) is 9.59. The molecule has 1 atom stereocenters. The second kappa shape index (κ2) is 4.82. The van der Waals surface area contributed by atoms with Crippen LogP contribution >= 0.6 is 11.8 Å². The zero-order chi connectivity index (χ0) is 14.3. The van der Waals surface area contributed by atoms with E-state index < -0.39 is 17.7 Å². The van der Waals surface area contributed by atoms with Crippen molar-refractivity contribution in [2.45, 2.75) is 6.42 Å². The molecule has 20 heavy (non-hydrogen) atoms. The Bertz CT molecular complexity index is 619. The molecule has 1 amide bonds. The summed E-state index contributed by atoms with van der Waals surface area (Å²) in [6.07, 6.45) is 1.00.